The summed E-state index contributed by atoms with van der Waals surface area (Å²) in [5.41, 5.74) is 0.723. The van der Waals surface area contributed by atoms with Gasteiger partial charge in [-0.3, -0.25) is 9.69 Å². The molecule has 0 radical (unpaired) electrons. The van der Waals surface area contributed by atoms with Gasteiger partial charge in [-0.2, -0.15) is 13.2 Å². The zero-order valence-corrected chi connectivity index (χ0v) is 19.2. The Bertz CT molecular complexity index is 1130. The van der Waals surface area contributed by atoms with Gasteiger partial charge in [0.1, 0.15) is 17.4 Å². The maximum absolute atomic E-state index is 13.6. The van der Waals surface area contributed by atoms with E-state index in [-0.39, 0.29) is 28.8 Å². The molecule has 3 aromatic rings. The number of nitrogens with zero attached hydrogens (tertiary/aromatic N) is 3. The quantitative estimate of drug-likeness (QED) is 0.330. The Morgan fingerprint density at radius 2 is 1.97 bits per heavy atom. The van der Waals surface area contributed by atoms with Crippen LogP contribution >= 0.6 is 11.3 Å². The molecule has 0 bridgehead atoms. The number of aromatic nitrogens is 2. The van der Waals surface area contributed by atoms with Crippen molar-refractivity contribution in [1.82, 2.24) is 10.2 Å². The number of halogens is 3. The summed E-state index contributed by atoms with van der Waals surface area (Å²) in [4.78, 5) is 14.8. The Kier molecular flexibility index (Phi) is 7.86. The van der Waals surface area contributed by atoms with Gasteiger partial charge < -0.3 is 4.74 Å². The van der Waals surface area contributed by atoms with Crippen molar-refractivity contribution < 1.29 is 22.7 Å². The molecule has 0 spiro atoms. The lowest BCUT2D eigenvalue weighted by Crippen LogP contribution is -2.32. The number of anilines is 1. The monoisotopic (exact) mass is 475 g/mol. The molecule has 0 N–H and O–H groups in total. The minimum atomic E-state index is -4.60. The minimum Gasteiger partial charge on any atom is -0.489 e. The van der Waals surface area contributed by atoms with Crippen molar-refractivity contribution in [1.29, 1.82) is 0 Å². The second-order valence-corrected chi connectivity index (χ2v) is 8.28. The lowest BCUT2D eigenvalue weighted by atomic mass is 10.1. The number of rotatable bonds is 9. The summed E-state index contributed by atoms with van der Waals surface area (Å²) < 4.78 is 45.9. The number of hydrogen-bond donors (Lipinski definition) is 0. The van der Waals surface area contributed by atoms with Crippen LogP contribution in [0.4, 0.5) is 18.3 Å². The summed E-state index contributed by atoms with van der Waals surface area (Å²) in [6, 6.07) is 11.0. The number of benzene rings is 2. The highest BCUT2D eigenvalue weighted by atomic mass is 32.1. The lowest BCUT2D eigenvalue weighted by molar-refractivity contribution is -0.138. The third-order valence-electron chi connectivity index (χ3n) is 4.89. The molecule has 174 valence electrons. The van der Waals surface area contributed by atoms with E-state index in [1.807, 2.05) is 26.0 Å². The summed E-state index contributed by atoms with van der Waals surface area (Å²) in [5.74, 6) is -0.497. The van der Waals surface area contributed by atoms with E-state index < -0.39 is 11.7 Å². The molecule has 0 aliphatic heterocycles. The molecule has 2 aromatic carbocycles. The molecule has 3 rings (SSSR count). The van der Waals surface area contributed by atoms with Crippen molar-refractivity contribution in [2.75, 3.05) is 18.1 Å². The number of carbonyl (C=O) groups excluding carboxylic acids is 1. The van der Waals surface area contributed by atoms with Crippen molar-refractivity contribution in [2.24, 2.45) is 0 Å². The molecule has 0 fully saturated rings. The molecule has 5 nitrogen and oxygen atoms in total. The van der Waals surface area contributed by atoms with Gasteiger partial charge in [-0.1, -0.05) is 55.5 Å². The Balaban J connectivity index is 1.97. The van der Waals surface area contributed by atoms with Gasteiger partial charge in [0.25, 0.3) is 5.91 Å². The summed E-state index contributed by atoms with van der Waals surface area (Å²) in [6.07, 6.45) is -1.61. The molecule has 1 aromatic heterocycles. The van der Waals surface area contributed by atoms with Crippen LogP contribution in [0.3, 0.4) is 0 Å². The van der Waals surface area contributed by atoms with Gasteiger partial charge in [0.2, 0.25) is 5.13 Å². The molecule has 0 aliphatic carbocycles. The molecular weight excluding hydrogens is 451 g/mol. The van der Waals surface area contributed by atoms with Crippen LogP contribution in [0.1, 0.15) is 41.3 Å². The summed E-state index contributed by atoms with van der Waals surface area (Å²) in [5, 5.41) is 8.84. The topological polar surface area (TPSA) is 55.3 Å². The molecule has 0 saturated carbocycles. The number of ether oxygens (including phenoxy) is 1. The number of aryl methyl sites for hydroxylation is 1. The van der Waals surface area contributed by atoms with Crippen LogP contribution in [0, 0.1) is 6.92 Å². The first-order valence-electron chi connectivity index (χ1n) is 10.4. The number of hydrogen-bond acceptors (Lipinski definition) is 5. The molecule has 0 unspecified atom stereocenters. The van der Waals surface area contributed by atoms with E-state index in [9.17, 15) is 18.0 Å². The number of amides is 1. The normalized spacial score (nSPS) is 11.3. The first-order valence-corrected chi connectivity index (χ1v) is 11.2. The Labute approximate surface area is 194 Å². The van der Waals surface area contributed by atoms with Gasteiger partial charge in [-0.25, -0.2) is 0 Å². The second-order valence-electron chi connectivity index (χ2n) is 7.32. The molecule has 0 saturated heterocycles. The first kappa shape index (κ1) is 24.4. The molecule has 33 heavy (non-hydrogen) atoms. The van der Waals surface area contributed by atoms with Crippen LogP contribution in [0.25, 0.3) is 10.6 Å². The smallest absolute Gasteiger partial charge is 0.419 e. The lowest BCUT2D eigenvalue weighted by Gasteiger charge is -2.20. The largest absolute Gasteiger partial charge is 0.489 e. The maximum Gasteiger partial charge on any atom is 0.419 e. The fraction of sp³-hybridized carbons (Fsp3) is 0.292. The van der Waals surface area contributed by atoms with Crippen molar-refractivity contribution in [3.63, 3.8) is 0 Å². The third kappa shape index (κ3) is 5.78. The van der Waals surface area contributed by atoms with E-state index in [0.717, 1.165) is 35.8 Å². The Hall–Kier alpha value is -3.20. The highest BCUT2D eigenvalue weighted by Crippen LogP contribution is 2.40. The van der Waals surface area contributed by atoms with Gasteiger partial charge in [-0.05, 0) is 43.2 Å². The van der Waals surface area contributed by atoms with Gasteiger partial charge >= 0.3 is 6.18 Å². The van der Waals surface area contributed by atoms with Crippen LogP contribution in [0.5, 0.6) is 5.75 Å². The van der Waals surface area contributed by atoms with Crippen LogP contribution in [-0.4, -0.2) is 29.3 Å². The third-order valence-corrected chi connectivity index (χ3v) is 5.89. The van der Waals surface area contributed by atoms with E-state index in [1.165, 1.54) is 18.2 Å². The van der Waals surface area contributed by atoms with Gasteiger partial charge in [0.15, 0.2) is 0 Å². The van der Waals surface area contributed by atoms with Crippen LogP contribution in [-0.2, 0) is 6.18 Å². The van der Waals surface area contributed by atoms with E-state index in [0.29, 0.717) is 17.2 Å². The molecule has 1 heterocycles. The van der Waals surface area contributed by atoms with Crippen molar-refractivity contribution in [2.45, 2.75) is 32.9 Å². The molecular formula is C24H24F3N3O2S. The van der Waals surface area contributed by atoms with Crippen molar-refractivity contribution >= 4 is 22.4 Å². The predicted octanol–water partition coefficient (Wildman–Crippen LogP) is 6.54. The highest BCUT2D eigenvalue weighted by Gasteiger charge is 2.35. The highest BCUT2D eigenvalue weighted by molar-refractivity contribution is 7.18. The standard InChI is InChI=1S/C24H24F3N3O2S/c1-4-6-13-30(22(31)18-10-8-7-9-16(18)3)23-29-28-21(33-23)17-11-12-20(32-14-5-2)19(15-17)24(25,26)27/h5,7-12,15H,2,4,6,13-14H2,1,3H3. The maximum atomic E-state index is 13.6. The van der Waals surface area contributed by atoms with Crippen LogP contribution in [0.15, 0.2) is 55.1 Å². The minimum absolute atomic E-state index is 0.0429. The zero-order chi connectivity index (χ0) is 24.0. The first-order chi connectivity index (χ1) is 15.8. The molecule has 0 atom stereocenters. The Morgan fingerprint density at radius 3 is 2.64 bits per heavy atom. The van der Waals surface area contributed by atoms with E-state index in [1.54, 1.807) is 17.0 Å². The number of alkyl halides is 3. The average Bonchev–Trinajstić information content (AvgIpc) is 3.27. The van der Waals surface area contributed by atoms with E-state index in [2.05, 4.69) is 16.8 Å². The molecule has 9 heteroatoms. The second kappa shape index (κ2) is 10.6. The summed E-state index contributed by atoms with van der Waals surface area (Å²) >= 11 is 1.07. The van der Waals surface area contributed by atoms with Gasteiger partial charge in [0, 0.05) is 17.7 Å². The summed E-state index contributed by atoms with van der Waals surface area (Å²) in [7, 11) is 0. The SMILES string of the molecule is C=CCOc1ccc(-c2nnc(N(CCCC)C(=O)c3ccccc3C)s2)cc1C(F)(F)F. The number of carbonyl (C=O) groups is 1. The average molecular weight is 476 g/mol. The van der Waals surface area contributed by atoms with Crippen molar-refractivity contribution in [3.8, 4) is 16.3 Å². The molecule has 1 amide bonds. The van der Waals surface area contributed by atoms with E-state index in [4.69, 9.17) is 4.74 Å². The van der Waals surface area contributed by atoms with Gasteiger partial charge in [-0.15, -0.1) is 10.2 Å². The Morgan fingerprint density at radius 1 is 1.21 bits per heavy atom. The fourth-order valence-electron chi connectivity index (χ4n) is 3.16. The fourth-order valence-corrected chi connectivity index (χ4v) is 4.02. The van der Waals surface area contributed by atoms with Crippen molar-refractivity contribution in [3.05, 3.63) is 71.8 Å². The van der Waals surface area contributed by atoms with Gasteiger partial charge in [0.05, 0.1) is 5.56 Å². The van der Waals surface area contributed by atoms with Crippen LogP contribution in [0.2, 0.25) is 0 Å². The van der Waals surface area contributed by atoms with E-state index >= 15 is 0 Å². The van der Waals surface area contributed by atoms with Crippen LogP contribution < -0.4 is 9.64 Å². The summed E-state index contributed by atoms with van der Waals surface area (Å²) in [6.45, 7) is 7.71. The number of unbranched alkanes of at least 4 members (excludes halogenated alkanes) is 1. The zero-order valence-electron chi connectivity index (χ0n) is 18.4. The predicted molar refractivity (Wildman–Crippen MR) is 124 cm³/mol. The molecule has 0 aliphatic rings.